The maximum absolute atomic E-state index is 13.3. The summed E-state index contributed by atoms with van der Waals surface area (Å²) in [6.07, 6.45) is -0.297. The maximum atomic E-state index is 13.3. The number of para-hydroxylation sites is 2. The number of ether oxygens (including phenoxy) is 2. The van der Waals surface area contributed by atoms with E-state index in [1.54, 1.807) is 0 Å². The molecule has 2 N–H and O–H groups in total. The summed E-state index contributed by atoms with van der Waals surface area (Å²) in [7, 11) is 0. The summed E-state index contributed by atoms with van der Waals surface area (Å²) >= 11 is 0. The Kier molecular flexibility index (Phi) is 8.13. The number of carbonyl (C=O) groups excluding carboxylic acids is 2. The molecule has 0 aromatic heterocycles. The van der Waals surface area contributed by atoms with Crippen molar-refractivity contribution in [2.45, 2.75) is 19.1 Å². The van der Waals surface area contributed by atoms with Crippen molar-refractivity contribution in [2.24, 2.45) is 0 Å². The SMILES string of the molecule is O=C(NC(Cc1ccccc1)C(=O)Nc1ccccc1N1CCOCC1)OCc1ccccc1. The monoisotopic (exact) mass is 459 g/mol. The fourth-order valence-electron chi connectivity index (χ4n) is 3.85. The van der Waals surface area contributed by atoms with E-state index in [1.807, 2.05) is 84.9 Å². The Balaban J connectivity index is 1.46. The second-order valence-corrected chi connectivity index (χ2v) is 8.05. The lowest BCUT2D eigenvalue weighted by molar-refractivity contribution is -0.118. The third-order valence-corrected chi connectivity index (χ3v) is 5.62. The Morgan fingerprint density at radius 2 is 1.47 bits per heavy atom. The molecule has 1 saturated heterocycles. The number of morpholine rings is 1. The van der Waals surface area contributed by atoms with Crippen molar-refractivity contribution in [3.05, 3.63) is 96.1 Å². The normalized spacial score (nSPS) is 14.2. The van der Waals surface area contributed by atoms with E-state index in [9.17, 15) is 9.59 Å². The summed E-state index contributed by atoms with van der Waals surface area (Å²) in [5, 5.41) is 5.76. The first-order chi connectivity index (χ1) is 16.7. The number of anilines is 2. The van der Waals surface area contributed by atoms with E-state index in [0.29, 0.717) is 25.3 Å². The third kappa shape index (κ3) is 6.59. The Morgan fingerprint density at radius 1 is 0.853 bits per heavy atom. The molecule has 0 bridgehead atoms. The molecular weight excluding hydrogens is 430 g/mol. The first-order valence-electron chi connectivity index (χ1n) is 11.4. The zero-order chi connectivity index (χ0) is 23.6. The average molecular weight is 460 g/mol. The van der Waals surface area contributed by atoms with Crippen LogP contribution in [0.1, 0.15) is 11.1 Å². The van der Waals surface area contributed by atoms with Crippen molar-refractivity contribution in [2.75, 3.05) is 36.5 Å². The highest BCUT2D eigenvalue weighted by Gasteiger charge is 2.24. The lowest BCUT2D eigenvalue weighted by Gasteiger charge is -2.30. The summed E-state index contributed by atoms with van der Waals surface area (Å²) in [5.74, 6) is -0.304. The fraction of sp³-hybridized carbons (Fsp3) is 0.259. The van der Waals surface area contributed by atoms with E-state index in [1.165, 1.54) is 0 Å². The predicted octanol–water partition coefficient (Wildman–Crippen LogP) is 4.00. The van der Waals surface area contributed by atoms with E-state index < -0.39 is 12.1 Å². The molecule has 1 atom stereocenters. The van der Waals surface area contributed by atoms with Crippen LogP contribution < -0.4 is 15.5 Å². The second kappa shape index (κ2) is 11.9. The second-order valence-electron chi connectivity index (χ2n) is 8.05. The van der Waals surface area contributed by atoms with Crippen LogP contribution in [0, 0.1) is 0 Å². The molecule has 0 spiro atoms. The highest BCUT2D eigenvalue weighted by molar-refractivity contribution is 5.99. The topological polar surface area (TPSA) is 79.9 Å². The summed E-state index contributed by atoms with van der Waals surface area (Å²) in [4.78, 5) is 28.1. The molecule has 2 amide bonds. The van der Waals surface area contributed by atoms with Crippen molar-refractivity contribution in [1.29, 1.82) is 0 Å². The van der Waals surface area contributed by atoms with Crippen LogP contribution in [0.4, 0.5) is 16.2 Å². The van der Waals surface area contributed by atoms with Gasteiger partial charge in [-0.1, -0.05) is 72.8 Å². The zero-order valence-electron chi connectivity index (χ0n) is 19.0. The molecule has 34 heavy (non-hydrogen) atoms. The molecule has 7 heteroatoms. The molecule has 1 unspecified atom stereocenters. The average Bonchev–Trinajstić information content (AvgIpc) is 2.89. The standard InChI is InChI=1S/C27H29N3O4/c31-26(28-23-13-7-8-14-25(23)30-15-17-33-18-16-30)24(19-21-9-3-1-4-10-21)29-27(32)34-20-22-11-5-2-6-12-22/h1-14,24H,15-20H2,(H,28,31)(H,29,32). The molecule has 1 heterocycles. The summed E-state index contributed by atoms with van der Waals surface area (Å²) < 4.78 is 10.8. The van der Waals surface area contributed by atoms with E-state index >= 15 is 0 Å². The van der Waals surface area contributed by atoms with Crippen LogP contribution in [0.2, 0.25) is 0 Å². The predicted molar refractivity (Wildman–Crippen MR) is 132 cm³/mol. The third-order valence-electron chi connectivity index (χ3n) is 5.62. The summed E-state index contributed by atoms with van der Waals surface area (Å²) in [5.41, 5.74) is 3.45. The summed E-state index contributed by atoms with van der Waals surface area (Å²) in [6, 6.07) is 25.9. The van der Waals surface area contributed by atoms with Gasteiger partial charge in [0.05, 0.1) is 24.6 Å². The molecule has 176 valence electrons. The molecule has 1 aliphatic heterocycles. The van der Waals surface area contributed by atoms with Gasteiger partial charge < -0.3 is 25.0 Å². The molecule has 3 aromatic carbocycles. The maximum Gasteiger partial charge on any atom is 0.408 e. The van der Waals surface area contributed by atoms with Gasteiger partial charge in [0.15, 0.2) is 0 Å². The Morgan fingerprint density at radius 3 is 2.18 bits per heavy atom. The van der Waals surface area contributed by atoms with E-state index in [2.05, 4.69) is 15.5 Å². The molecule has 0 radical (unpaired) electrons. The number of benzene rings is 3. The van der Waals surface area contributed by atoms with Crippen LogP contribution in [-0.4, -0.2) is 44.3 Å². The Labute approximate surface area is 199 Å². The summed E-state index contributed by atoms with van der Waals surface area (Å²) in [6.45, 7) is 2.93. The molecule has 1 aliphatic rings. The number of rotatable bonds is 8. The number of hydrogen-bond donors (Lipinski definition) is 2. The van der Waals surface area contributed by atoms with E-state index in [4.69, 9.17) is 9.47 Å². The van der Waals surface area contributed by atoms with Gasteiger partial charge in [-0.25, -0.2) is 4.79 Å². The molecule has 1 fully saturated rings. The first-order valence-corrected chi connectivity index (χ1v) is 11.4. The van der Waals surface area contributed by atoms with Crippen molar-refractivity contribution < 1.29 is 19.1 Å². The minimum atomic E-state index is -0.802. The van der Waals surface area contributed by atoms with Crippen LogP contribution >= 0.6 is 0 Å². The molecule has 4 rings (SSSR count). The van der Waals surface area contributed by atoms with Crippen LogP contribution in [0.25, 0.3) is 0 Å². The highest BCUT2D eigenvalue weighted by Crippen LogP contribution is 2.26. The van der Waals surface area contributed by atoms with Crippen molar-refractivity contribution in [3.8, 4) is 0 Å². The highest BCUT2D eigenvalue weighted by atomic mass is 16.5. The van der Waals surface area contributed by atoms with Gasteiger partial charge in [0.2, 0.25) is 5.91 Å². The Bertz CT molecular complexity index is 1070. The van der Waals surface area contributed by atoms with Gasteiger partial charge in [-0.15, -0.1) is 0 Å². The van der Waals surface area contributed by atoms with Crippen LogP contribution in [0.5, 0.6) is 0 Å². The minimum absolute atomic E-state index is 0.131. The molecule has 0 aliphatic carbocycles. The molecule has 7 nitrogen and oxygen atoms in total. The number of nitrogens with zero attached hydrogens (tertiary/aromatic N) is 1. The van der Waals surface area contributed by atoms with E-state index in [0.717, 1.165) is 29.9 Å². The quantitative estimate of drug-likeness (QED) is 0.532. The molecular formula is C27H29N3O4. The number of hydrogen-bond acceptors (Lipinski definition) is 5. The van der Waals surface area contributed by atoms with Gasteiger partial charge in [0, 0.05) is 19.5 Å². The number of carbonyl (C=O) groups is 2. The van der Waals surface area contributed by atoms with E-state index in [-0.39, 0.29) is 12.5 Å². The van der Waals surface area contributed by atoms with Gasteiger partial charge in [-0.2, -0.15) is 0 Å². The smallest absolute Gasteiger partial charge is 0.408 e. The lowest BCUT2D eigenvalue weighted by Crippen LogP contribution is -2.45. The number of amides is 2. The lowest BCUT2D eigenvalue weighted by atomic mass is 10.1. The van der Waals surface area contributed by atoms with Crippen molar-refractivity contribution >= 4 is 23.4 Å². The minimum Gasteiger partial charge on any atom is -0.445 e. The van der Waals surface area contributed by atoms with Crippen molar-refractivity contribution in [3.63, 3.8) is 0 Å². The van der Waals surface area contributed by atoms with Gasteiger partial charge >= 0.3 is 6.09 Å². The number of nitrogens with one attached hydrogen (secondary N) is 2. The van der Waals surface area contributed by atoms with Gasteiger partial charge in [0.1, 0.15) is 12.6 Å². The zero-order valence-corrected chi connectivity index (χ0v) is 19.0. The molecule has 0 saturated carbocycles. The molecule has 3 aromatic rings. The van der Waals surface area contributed by atoms with Crippen LogP contribution in [-0.2, 0) is 27.3 Å². The number of alkyl carbamates (subject to hydrolysis) is 1. The van der Waals surface area contributed by atoms with Gasteiger partial charge in [-0.3, -0.25) is 4.79 Å². The van der Waals surface area contributed by atoms with Gasteiger partial charge in [0.25, 0.3) is 0 Å². The Hall–Kier alpha value is -3.84. The largest absolute Gasteiger partial charge is 0.445 e. The fourth-order valence-corrected chi connectivity index (χ4v) is 3.85. The first kappa shape index (κ1) is 23.3. The van der Waals surface area contributed by atoms with Crippen LogP contribution in [0.3, 0.4) is 0 Å². The van der Waals surface area contributed by atoms with Crippen molar-refractivity contribution in [1.82, 2.24) is 5.32 Å². The van der Waals surface area contributed by atoms with Gasteiger partial charge in [-0.05, 0) is 23.3 Å². The van der Waals surface area contributed by atoms with Crippen LogP contribution in [0.15, 0.2) is 84.9 Å².